The van der Waals surface area contributed by atoms with Gasteiger partial charge in [0.1, 0.15) is 5.75 Å². The van der Waals surface area contributed by atoms with E-state index in [0.717, 1.165) is 11.3 Å². The number of methoxy groups -OCH3 is 1. The summed E-state index contributed by atoms with van der Waals surface area (Å²) in [5, 5.41) is 0.250. The SMILES string of the molecule is COc1cc2nc(NN)c(Cl)nc2cc1C. The van der Waals surface area contributed by atoms with Gasteiger partial charge in [0.25, 0.3) is 0 Å². The van der Waals surface area contributed by atoms with E-state index >= 15 is 0 Å². The molecule has 0 aliphatic carbocycles. The van der Waals surface area contributed by atoms with E-state index in [2.05, 4.69) is 15.4 Å². The van der Waals surface area contributed by atoms with Crippen LogP contribution in [0.3, 0.4) is 0 Å². The number of aromatic nitrogens is 2. The van der Waals surface area contributed by atoms with Crippen molar-refractivity contribution < 1.29 is 4.74 Å². The summed E-state index contributed by atoms with van der Waals surface area (Å²) in [5.41, 5.74) is 4.76. The number of aryl methyl sites for hydroxylation is 1. The molecule has 1 aromatic carbocycles. The minimum Gasteiger partial charge on any atom is -0.496 e. The Morgan fingerprint density at radius 3 is 2.62 bits per heavy atom. The summed E-state index contributed by atoms with van der Waals surface area (Å²) >= 11 is 5.88. The molecule has 0 aliphatic heterocycles. The van der Waals surface area contributed by atoms with E-state index in [1.165, 1.54) is 0 Å². The largest absolute Gasteiger partial charge is 0.496 e. The highest BCUT2D eigenvalue weighted by atomic mass is 35.5. The second kappa shape index (κ2) is 4.11. The fourth-order valence-corrected chi connectivity index (χ4v) is 1.67. The number of hydrogen-bond acceptors (Lipinski definition) is 5. The molecule has 0 aliphatic rings. The normalized spacial score (nSPS) is 10.5. The average molecular weight is 239 g/mol. The van der Waals surface area contributed by atoms with E-state index in [1.54, 1.807) is 13.2 Å². The lowest BCUT2D eigenvalue weighted by Gasteiger charge is -2.08. The Labute approximate surface area is 97.6 Å². The Balaban J connectivity index is 2.71. The van der Waals surface area contributed by atoms with Gasteiger partial charge in [-0.1, -0.05) is 11.6 Å². The number of anilines is 1. The number of rotatable bonds is 2. The van der Waals surface area contributed by atoms with E-state index in [1.807, 2.05) is 13.0 Å². The van der Waals surface area contributed by atoms with Crippen LogP contribution in [0.4, 0.5) is 5.82 Å². The summed E-state index contributed by atoms with van der Waals surface area (Å²) in [6.07, 6.45) is 0. The van der Waals surface area contributed by atoms with Crippen molar-refractivity contribution in [3.05, 3.63) is 22.8 Å². The zero-order chi connectivity index (χ0) is 11.7. The van der Waals surface area contributed by atoms with Gasteiger partial charge in [0.2, 0.25) is 0 Å². The number of nitrogens with one attached hydrogen (secondary N) is 1. The van der Waals surface area contributed by atoms with Crippen molar-refractivity contribution in [2.75, 3.05) is 12.5 Å². The smallest absolute Gasteiger partial charge is 0.178 e. The molecule has 84 valence electrons. The van der Waals surface area contributed by atoms with Crippen molar-refractivity contribution in [3.8, 4) is 5.75 Å². The molecule has 0 fully saturated rings. The number of hydrogen-bond donors (Lipinski definition) is 2. The molecule has 0 saturated carbocycles. The Hall–Kier alpha value is -1.59. The van der Waals surface area contributed by atoms with Gasteiger partial charge in [-0.05, 0) is 18.6 Å². The number of nitrogen functional groups attached to an aromatic ring is 1. The van der Waals surface area contributed by atoms with Gasteiger partial charge < -0.3 is 10.2 Å². The Morgan fingerprint density at radius 1 is 1.31 bits per heavy atom. The monoisotopic (exact) mass is 238 g/mol. The molecule has 6 heteroatoms. The van der Waals surface area contributed by atoms with Crippen LogP contribution in [0, 0.1) is 6.92 Å². The van der Waals surface area contributed by atoms with Crippen LogP contribution in [0.1, 0.15) is 5.56 Å². The molecule has 2 aromatic rings. The topological polar surface area (TPSA) is 73.1 Å². The molecule has 0 bridgehead atoms. The first-order valence-corrected chi connectivity index (χ1v) is 5.02. The molecule has 0 unspecified atom stereocenters. The molecule has 5 nitrogen and oxygen atoms in total. The van der Waals surface area contributed by atoms with Crippen LogP contribution in [-0.2, 0) is 0 Å². The van der Waals surface area contributed by atoms with Crippen LogP contribution < -0.4 is 16.0 Å². The second-order valence-corrected chi connectivity index (χ2v) is 3.68. The predicted molar refractivity (Wildman–Crippen MR) is 63.6 cm³/mol. The molecule has 0 saturated heterocycles. The standard InChI is InChI=1S/C10H11ClN4O/c1-5-3-6-7(4-8(5)16-2)14-10(15-12)9(11)13-6/h3-4H,12H2,1-2H3,(H,14,15). The van der Waals surface area contributed by atoms with Crippen LogP contribution in [0.5, 0.6) is 5.75 Å². The van der Waals surface area contributed by atoms with E-state index in [-0.39, 0.29) is 5.15 Å². The summed E-state index contributed by atoms with van der Waals surface area (Å²) in [7, 11) is 1.61. The molecule has 2 rings (SSSR count). The zero-order valence-corrected chi connectivity index (χ0v) is 9.67. The van der Waals surface area contributed by atoms with Crippen LogP contribution in [0.15, 0.2) is 12.1 Å². The number of fused-ring (bicyclic) bond motifs is 1. The Kier molecular flexibility index (Phi) is 2.80. The summed E-state index contributed by atoms with van der Waals surface area (Å²) in [6.45, 7) is 1.93. The first-order chi connectivity index (χ1) is 7.65. The molecule has 0 amide bonds. The minimum absolute atomic E-state index is 0.250. The van der Waals surface area contributed by atoms with Gasteiger partial charge in [-0.15, -0.1) is 0 Å². The van der Waals surface area contributed by atoms with Crippen molar-refractivity contribution in [1.29, 1.82) is 0 Å². The highest BCUT2D eigenvalue weighted by Gasteiger charge is 2.08. The van der Waals surface area contributed by atoms with Gasteiger partial charge in [-0.2, -0.15) is 0 Å². The number of ether oxygens (including phenoxy) is 1. The second-order valence-electron chi connectivity index (χ2n) is 3.32. The van der Waals surface area contributed by atoms with Gasteiger partial charge in [-0.25, -0.2) is 15.8 Å². The van der Waals surface area contributed by atoms with Gasteiger partial charge in [0.15, 0.2) is 11.0 Å². The summed E-state index contributed by atoms with van der Waals surface area (Å²) < 4.78 is 5.20. The van der Waals surface area contributed by atoms with E-state index in [4.69, 9.17) is 22.2 Å². The summed E-state index contributed by atoms with van der Waals surface area (Å²) in [4.78, 5) is 8.42. The van der Waals surface area contributed by atoms with E-state index in [9.17, 15) is 0 Å². The van der Waals surface area contributed by atoms with Crippen molar-refractivity contribution in [3.63, 3.8) is 0 Å². The number of nitrogens with two attached hydrogens (primary N) is 1. The average Bonchev–Trinajstić information content (AvgIpc) is 2.27. The molecular formula is C10H11ClN4O. The van der Waals surface area contributed by atoms with E-state index in [0.29, 0.717) is 16.9 Å². The molecule has 3 N–H and O–H groups in total. The van der Waals surface area contributed by atoms with Crippen molar-refractivity contribution in [2.24, 2.45) is 5.84 Å². The van der Waals surface area contributed by atoms with Gasteiger partial charge in [-0.3, -0.25) is 0 Å². The lowest BCUT2D eigenvalue weighted by atomic mass is 10.2. The number of nitrogens with zero attached hydrogens (tertiary/aromatic N) is 2. The van der Waals surface area contributed by atoms with Crippen LogP contribution in [-0.4, -0.2) is 17.1 Å². The van der Waals surface area contributed by atoms with Crippen LogP contribution >= 0.6 is 11.6 Å². The lowest BCUT2D eigenvalue weighted by Crippen LogP contribution is -2.10. The van der Waals surface area contributed by atoms with Gasteiger partial charge in [0.05, 0.1) is 18.1 Å². The molecule has 1 aromatic heterocycles. The quantitative estimate of drug-likeness (QED) is 0.617. The van der Waals surface area contributed by atoms with Crippen molar-refractivity contribution in [1.82, 2.24) is 9.97 Å². The third-order valence-corrected chi connectivity index (χ3v) is 2.54. The van der Waals surface area contributed by atoms with Gasteiger partial charge >= 0.3 is 0 Å². The molecule has 0 radical (unpaired) electrons. The third-order valence-electron chi connectivity index (χ3n) is 2.28. The first kappa shape index (κ1) is 10.9. The first-order valence-electron chi connectivity index (χ1n) is 4.64. The highest BCUT2D eigenvalue weighted by molar-refractivity contribution is 6.32. The lowest BCUT2D eigenvalue weighted by molar-refractivity contribution is 0.412. The fourth-order valence-electron chi connectivity index (χ4n) is 1.48. The Bertz CT molecular complexity index is 499. The number of hydrazine groups is 1. The summed E-state index contributed by atoms with van der Waals surface area (Å²) in [5.74, 6) is 6.38. The van der Waals surface area contributed by atoms with Crippen molar-refractivity contribution in [2.45, 2.75) is 6.92 Å². The highest BCUT2D eigenvalue weighted by Crippen LogP contribution is 2.26. The van der Waals surface area contributed by atoms with E-state index < -0.39 is 0 Å². The molecule has 0 atom stereocenters. The van der Waals surface area contributed by atoms with Gasteiger partial charge in [0, 0.05) is 6.07 Å². The maximum Gasteiger partial charge on any atom is 0.178 e. The summed E-state index contributed by atoms with van der Waals surface area (Å²) in [6, 6.07) is 3.67. The van der Waals surface area contributed by atoms with Crippen LogP contribution in [0.25, 0.3) is 11.0 Å². The maximum atomic E-state index is 5.88. The molecule has 1 heterocycles. The molecule has 16 heavy (non-hydrogen) atoms. The maximum absolute atomic E-state index is 5.88. The minimum atomic E-state index is 0.250. The fraction of sp³-hybridized carbons (Fsp3) is 0.200. The van der Waals surface area contributed by atoms with Crippen molar-refractivity contribution >= 4 is 28.5 Å². The zero-order valence-electron chi connectivity index (χ0n) is 8.91. The van der Waals surface area contributed by atoms with Crippen LogP contribution in [0.2, 0.25) is 5.15 Å². The molecule has 0 spiro atoms. The predicted octanol–water partition coefficient (Wildman–Crippen LogP) is 1.89. The molecular weight excluding hydrogens is 228 g/mol. The third kappa shape index (κ3) is 1.75. The number of benzene rings is 1. The number of halogens is 1. The Morgan fingerprint density at radius 2 is 2.00 bits per heavy atom.